The van der Waals surface area contributed by atoms with Crippen LogP contribution in [0.1, 0.15) is 26.3 Å². The Hall–Kier alpha value is -3.78. The molecule has 0 aliphatic rings. The Morgan fingerprint density at radius 3 is 2.13 bits per heavy atom. The summed E-state index contributed by atoms with van der Waals surface area (Å²) < 4.78 is 2.37. The number of carbonyl (C=O) groups is 2. The molecule has 31 heavy (non-hydrogen) atoms. The number of hydrogen-bond acceptors (Lipinski definition) is 4. The van der Waals surface area contributed by atoms with E-state index in [0.717, 1.165) is 11.3 Å². The summed E-state index contributed by atoms with van der Waals surface area (Å²) in [7, 11) is 0. The van der Waals surface area contributed by atoms with E-state index in [9.17, 15) is 9.59 Å². The first-order chi connectivity index (χ1) is 15.0. The predicted octanol–water partition coefficient (Wildman–Crippen LogP) is 4.84. The molecule has 154 valence electrons. The summed E-state index contributed by atoms with van der Waals surface area (Å²) in [5, 5.41) is 13.3. The minimum absolute atomic E-state index is 0.203. The van der Waals surface area contributed by atoms with Crippen molar-refractivity contribution < 1.29 is 9.59 Å². The van der Waals surface area contributed by atoms with Gasteiger partial charge in [-0.25, -0.2) is 0 Å². The van der Waals surface area contributed by atoms with E-state index >= 15 is 0 Å². The molecule has 0 fully saturated rings. The largest absolute Gasteiger partial charge is 0.322 e. The SMILES string of the molecule is Cc1ccccc1C(=O)Nc1cccc(NC(=O)c2cc(-n3cnnc3)ccc2Br)c1. The van der Waals surface area contributed by atoms with Gasteiger partial charge in [-0.05, 0) is 70.9 Å². The van der Waals surface area contributed by atoms with Gasteiger partial charge in [-0.1, -0.05) is 24.3 Å². The van der Waals surface area contributed by atoms with Crippen molar-refractivity contribution >= 4 is 39.1 Å². The van der Waals surface area contributed by atoms with Gasteiger partial charge in [0.25, 0.3) is 11.8 Å². The number of benzene rings is 3. The molecule has 0 aliphatic carbocycles. The summed E-state index contributed by atoms with van der Waals surface area (Å²) >= 11 is 3.43. The van der Waals surface area contributed by atoms with Crippen LogP contribution in [0.15, 0.2) is 83.9 Å². The molecule has 2 amide bonds. The third-order valence-corrected chi connectivity index (χ3v) is 5.37. The van der Waals surface area contributed by atoms with Gasteiger partial charge < -0.3 is 10.6 Å². The van der Waals surface area contributed by atoms with E-state index in [1.54, 1.807) is 59.7 Å². The van der Waals surface area contributed by atoms with Gasteiger partial charge in [-0.3, -0.25) is 14.2 Å². The molecular formula is C23H18BrN5O2. The lowest BCUT2D eigenvalue weighted by Crippen LogP contribution is -2.15. The number of nitrogens with zero attached hydrogens (tertiary/aromatic N) is 3. The van der Waals surface area contributed by atoms with E-state index in [2.05, 4.69) is 36.8 Å². The molecule has 0 atom stereocenters. The molecule has 0 radical (unpaired) electrons. The molecule has 0 saturated carbocycles. The zero-order valence-electron chi connectivity index (χ0n) is 16.5. The van der Waals surface area contributed by atoms with Crippen LogP contribution < -0.4 is 10.6 Å². The number of halogens is 1. The van der Waals surface area contributed by atoms with E-state index in [1.807, 2.05) is 31.2 Å². The lowest BCUT2D eigenvalue weighted by molar-refractivity contribution is 0.101. The smallest absolute Gasteiger partial charge is 0.256 e. The molecule has 0 spiro atoms. The normalized spacial score (nSPS) is 10.5. The maximum atomic E-state index is 12.9. The highest BCUT2D eigenvalue weighted by Crippen LogP contribution is 2.23. The average molecular weight is 476 g/mol. The predicted molar refractivity (Wildman–Crippen MR) is 123 cm³/mol. The number of aromatic nitrogens is 3. The molecular weight excluding hydrogens is 458 g/mol. The molecule has 7 nitrogen and oxygen atoms in total. The number of amides is 2. The average Bonchev–Trinajstić information content (AvgIpc) is 3.29. The summed E-state index contributed by atoms with van der Waals surface area (Å²) in [6.07, 6.45) is 3.12. The van der Waals surface area contributed by atoms with Crippen molar-refractivity contribution in [3.8, 4) is 5.69 Å². The lowest BCUT2D eigenvalue weighted by Gasteiger charge is -2.11. The number of aryl methyl sites for hydroxylation is 1. The van der Waals surface area contributed by atoms with E-state index in [-0.39, 0.29) is 11.8 Å². The summed E-state index contributed by atoms with van der Waals surface area (Å²) in [4.78, 5) is 25.5. The van der Waals surface area contributed by atoms with Crippen molar-refractivity contribution in [2.45, 2.75) is 6.92 Å². The summed E-state index contributed by atoms with van der Waals surface area (Å²) in [6, 6.07) is 19.8. The Kier molecular flexibility index (Phi) is 5.90. The van der Waals surface area contributed by atoms with E-state index in [4.69, 9.17) is 0 Å². The number of anilines is 2. The number of hydrogen-bond donors (Lipinski definition) is 2. The van der Waals surface area contributed by atoms with Crippen LogP contribution in [0, 0.1) is 6.92 Å². The fraction of sp³-hybridized carbons (Fsp3) is 0.0435. The second kappa shape index (κ2) is 8.93. The van der Waals surface area contributed by atoms with Crippen LogP contribution in [0.4, 0.5) is 11.4 Å². The van der Waals surface area contributed by atoms with Crippen molar-refractivity contribution in [2.24, 2.45) is 0 Å². The lowest BCUT2D eigenvalue weighted by atomic mass is 10.1. The van der Waals surface area contributed by atoms with Gasteiger partial charge in [0.15, 0.2) is 0 Å². The molecule has 0 bridgehead atoms. The van der Waals surface area contributed by atoms with Crippen molar-refractivity contribution in [2.75, 3.05) is 10.6 Å². The van der Waals surface area contributed by atoms with Gasteiger partial charge in [0.1, 0.15) is 12.7 Å². The molecule has 0 saturated heterocycles. The number of rotatable bonds is 5. The Balaban J connectivity index is 1.52. The van der Waals surface area contributed by atoms with E-state index in [1.165, 1.54) is 0 Å². The summed E-state index contributed by atoms with van der Waals surface area (Å²) in [5.41, 5.74) is 3.87. The second-order valence-corrected chi connectivity index (χ2v) is 7.69. The Morgan fingerprint density at radius 1 is 0.806 bits per heavy atom. The van der Waals surface area contributed by atoms with Crippen LogP contribution >= 0.6 is 15.9 Å². The third kappa shape index (κ3) is 4.70. The van der Waals surface area contributed by atoms with Gasteiger partial charge in [-0.15, -0.1) is 10.2 Å². The third-order valence-electron chi connectivity index (χ3n) is 4.68. The van der Waals surface area contributed by atoms with Crippen LogP contribution in [0.2, 0.25) is 0 Å². The fourth-order valence-electron chi connectivity index (χ4n) is 3.08. The molecule has 4 aromatic rings. The molecule has 1 heterocycles. The topological polar surface area (TPSA) is 88.9 Å². The minimum atomic E-state index is -0.288. The Bertz CT molecular complexity index is 1250. The second-order valence-electron chi connectivity index (χ2n) is 6.84. The molecule has 3 aromatic carbocycles. The van der Waals surface area contributed by atoms with Crippen molar-refractivity contribution in [3.05, 3.63) is 101 Å². The molecule has 8 heteroatoms. The Labute approximate surface area is 187 Å². The van der Waals surface area contributed by atoms with Gasteiger partial charge in [0, 0.05) is 27.1 Å². The van der Waals surface area contributed by atoms with Crippen LogP contribution in [-0.4, -0.2) is 26.6 Å². The zero-order chi connectivity index (χ0) is 21.8. The van der Waals surface area contributed by atoms with Crippen LogP contribution in [-0.2, 0) is 0 Å². The minimum Gasteiger partial charge on any atom is -0.322 e. The van der Waals surface area contributed by atoms with Crippen LogP contribution in [0.5, 0.6) is 0 Å². The fourth-order valence-corrected chi connectivity index (χ4v) is 3.51. The maximum absolute atomic E-state index is 12.9. The molecule has 4 rings (SSSR count). The highest BCUT2D eigenvalue weighted by atomic mass is 79.9. The summed E-state index contributed by atoms with van der Waals surface area (Å²) in [5.74, 6) is -0.491. The first kappa shape index (κ1) is 20.5. The van der Waals surface area contributed by atoms with E-state index < -0.39 is 0 Å². The first-order valence-electron chi connectivity index (χ1n) is 9.44. The quantitative estimate of drug-likeness (QED) is 0.432. The van der Waals surface area contributed by atoms with E-state index in [0.29, 0.717) is 27.0 Å². The van der Waals surface area contributed by atoms with Crippen LogP contribution in [0.25, 0.3) is 5.69 Å². The van der Waals surface area contributed by atoms with Gasteiger partial charge in [0.05, 0.1) is 5.56 Å². The molecule has 0 aliphatic heterocycles. The van der Waals surface area contributed by atoms with Crippen molar-refractivity contribution in [3.63, 3.8) is 0 Å². The zero-order valence-corrected chi connectivity index (χ0v) is 18.1. The Morgan fingerprint density at radius 2 is 1.45 bits per heavy atom. The van der Waals surface area contributed by atoms with Crippen molar-refractivity contribution in [1.29, 1.82) is 0 Å². The first-order valence-corrected chi connectivity index (χ1v) is 10.2. The highest BCUT2D eigenvalue weighted by Gasteiger charge is 2.13. The monoisotopic (exact) mass is 475 g/mol. The van der Waals surface area contributed by atoms with Gasteiger partial charge in [0.2, 0.25) is 0 Å². The highest BCUT2D eigenvalue weighted by molar-refractivity contribution is 9.10. The van der Waals surface area contributed by atoms with Gasteiger partial charge in [-0.2, -0.15) is 0 Å². The number of carbonyl (C=O) groups excluding carboxylic acids is 2. The number of nitrogens with one attached hydrogen (secondary N) is 2. The standard InChI is InChI=1S/C23H18BrN5O2/c1-15-5-2-3-8-19(15)22(30)27-16-6-4-7-17(11-16)28-23(31)20-12-18(9-10-21(20)24)29-13-25-26-14-29/h2-14H,1H3,(H,27,30)(H,28,31). The van der Waals surface area contributed by atoms with Crippen molar-refractivity contribution in [1.82, 2.24) is 14.8 Å². The maximum Gasteiger partial charge on any atom is 0.256 e. The van der Waals surface area contributed by atoms with Gasteiger partial charge >= 0.3 is 0 Å². The summed E-state index contributed by atoms with van der Waals surface area (Å²) in [6.45, 7) is 1.89. The molecule has 0 unspecified atom stereocenters. The van der Waals surface area contributed by atoms with Crippen LogP contribution in [0.3, 0.4) is 0 Å². The molecule has 2 N–H and O–H groups in total. The molecule has 1 aromatic heterocycles.